The monoisotopic (exact) mass is 257 g/mol. The van der Waals surface area contributed by atoms with Crippen molar-refractivity contribution in [3.8, 4) is 11.1 Å². The van der Waals surface area contributed by atoms with E-state index in [4.69, 9.17) is 5.73 Å². The summed E-state index contributed by atoms with van der Waals surface area (Å²) in [6.07, 6.45) is 1.10. The normalized spacial score (nSPS) is 12.7. The van der Waals surface area contributed by atoms with E-state index in [1.165, 1.54) is 22.4 Å². The first kappa shape index (κ1) is 13.8. The summed E-state index contributed by atoms with van der Waals surface area (Å²) in [6, 6.07) is 8.53. The minimum Gasteiger partial charge on any atom is -0.324 e. The molecule has 2 N–H and O–H groups in total. The van der Waals surface area contributed by atoms with Gasteiger partial charge in [0.15, 0.2) is 0 Å². The Balaban J connectivity index is 2.49. The van der Waals surface area contributed by atoms with Crippen LogP contribution in [0, 0.1) is 13.8 Å². The zero-order chi connectivity index (χ0) is 14.0. The molecular weight excluding hydrogens is 234 g/mol. The molecule has 102 valence electrons. The lowest BCUT2D eigenvalue weighted by Crippen LogP contribution is -2.04. The van der Waals surface area contributed by atoms with Crippen molar-refractivity contribution in [2.24, 2.45) is 5.73 Å². The Labute approximate surface area is 115 Å². The summed E-state index contributed by atoms with van der Waals surface area (Å²) < 4.78 is 2.10. The number of aryl methyl sites for hydroxylation is 2. The molecule has 2 aromatic rings. The van der Waals surface area contributed by atoms with Crippen molar-refractivity contribution in [1.82, 2.24) is 9.78 Å². The number of hydrogen-bond acceptors (Lipinski definition) is 2. The van der Waals surface area contributed by atoms with Crippen LogP contribution in [0.15, 0.2) is 24.3 Å². The van der Waals surface area contributed by atoms with E-state index in [1.807, 2.05) is 6.92 Å². The molecule has 1 aromatic heterocycles. The third kappa shape index (κ3) is 2.71. The maximum absolute atomic E-state index is 5.97. The van der Waals surface area contributed by atoms with Crippen molar-refractivity contribution < 1.29 is 0 Å². The summed E-state index contributed by atoms with van der Waals surface area (Å²) in [5.41, 5.74) is 11.9. The zero-order valence-corrected chi connectivity index (χ0v) is 12.3. The number of benzene rings is 1. The Hall–Kier alpha value is -1.61. The SMILES string of the molecule is CCCn1nc(C)c(-c2cccc(C(C)N)c2)c1C. The highest BCUT2D eigenvalue weighted by atomic mass is 15.3. The summed E-state index contributed by atoms with van der Waals surface area (Å²) in [7, 11) is 0. The van der Waals surface area contributed by atoms with Gasteiger partial charge in [-0.3, -0.25) is 4.68 Å². The molecule has 0 saturated heterocycles. The lowest BCUT2D eigenvalue weighted by molar-refractivity contribution is 0.583. The Morgan fingerprint density at radius 1 is 1.32 bits per heavy atom. The number of hydrogen-bond donors (Lipinski definition) is 1. The van der Waals surface area contributed by atoms with Gasteiger partial charge in [-0.15, -0.1) is 0 Å². The molecular formula is C16H23N3. The molecule has 0 spiro atoms. The van der Waals surface area contributed by atoms with Crippen molar-refractivity contribution >= 4 is 0 Å². The molecule has 0 aliphatic carbocycles. The van der Waals surface area contributed by atoms with E-state index >= 15 is 0 Å². The summed E-state index contributed by atoms with van der Waals surface area (Å²) in [4.78, 5) is 0. The predicted octanol–water partition coefficient (Wildman–Crippen LogP) is 3.60. The van der Waals surface area contributed by atoms with Crippen molar-refractivity contribution in [2.45, 2.75) is 46.7 Å². The molecule has 1 aromatic carbocycles. The number of rotatable bonds is 4. The summed E-state index contributed by atoms with van der Waals surface area (Å²) >= 11 is 0. The fourth-order valence-electron chi connectivity index (χ4n) is 2.52. The highest BCUT2D eigenvalue weighted by Crippen LogP contribution is 2.28. The quantitative estimate of drug-likeness (QED) is 0.909. The Morgan fingerprint density at radius 2 is 2.05 bits per heavy atom. The molecule has 1 atom stereocenters. The van der Waals surface area contributed by atoms with Gasteiger partial charge in [-0.2, -0.15) is 5.10 Å². The van der Waals surface area contributed by atoms with Crippen molar-refractivity contribution in [3.05, 3.63) is 41.2 Å². The molecule has 3 nitrogen and oxygen atoms in total. The van der Waals surface area contributed by atoms with E-state index in [-0.39, 0.29) is 6.04 Å². The number of nitrogens with zero attached hydrogens (tertiary/aromatic N) is 2. The van der Waals surface area contributed by atoms with Crippen LogP contribution in [0.1, 0.15) is 43.3 Å². The summed E-state index contributed by atoms with van der Waals surface area (Å²) in [5, 5.41) is 4.64. The predicted molar refractivity (Wildman–Crippen MR) is 80.0 cm³/mol. The van der Waals surface area contributed by atoms with Gasteiger partial charge >= 0.3 is 0 Å². The summed E-state index contributed by atoms with van der Waals surface area (Å²) in [6.45, 7) is 9.38. The molecule has 0 amide bonds. The van der Waals surface area contributed by atoms with Gasteiger partial charge in [-0.25, -0.2) is 0 Å². The van der Waals surface area contributed by atoms with E-state index in [2.05, 4.69) is 54.8 Å². The second-order valence-corrected chi connectivity index (χ2v) is 5.18. The van der Waals surface area contributed by atoms with Crippen LogP contribution >= 0.6 is 0 Å². The number of nitrogens with two attached hydrogens (primary N) is 1. The molecule has 0 fully saturated rings. The minimum atomic E-state index is 0.0613. The smallest absolute Gasteiger partial charge is 0.0674 e. The van der Waals surface area contributed by atoms with Crippen molar-refractivity contribution in [3.63, 3.8) is 0 Å². The van der Waals surface area contributed by atoms with Crippen molar-refractivity contribution in [2.75, 3.05) is 0 Å². The lowest BCUT2D eigenvalue weighted by atomic mass is 9.99. The van der Waals surface area contributed by atoms with Crippen LogP contribution in [0.4, 0.5) is 0 Å². The first-order valence-corrected chi connectivity index (χ1v) is 6.94. The van der Waals surface area contributed by atoms with Crippen molar-refractivity contribution in [1.29, 1.82) is 0 Å². The van der Waals surface area contributed by atoms with Crippen LogP contribution in [0.25, 0.3) is 11.1 Å². The first-order chi connectivity index (χ1) is 9.04. The van der Waals surface area contributed by atoms with Gasteiger partial charge < -0.3 is 5.73 Å². The molecule has 0 radical (unpaired) electrons. The third-order valence-electron chi connectivity index (χ3n) is 3.52. The van der Waals surface area contributed by atoms with Gasteiger partial charge in [0.1, 0.15) is 0 Å². The minimum absolute atomic E-state index is 0.0613. The van der Waals surface area contributed by atoms with Gasteiger partial charge in [0.25, 0.3) is 0 Å². The fraction of sp³-hybridized carbons (Fsp3) is 0.438. The average Bonchev–Trinajstić information content (AvgIpc) is 2.65. The van der Waals surface area contributed by atoms with Crippen LogP contribution < -0.4 is 5.73 Å². The highest BCUT2D eigenvalue weighted by molar-refractivity contribution is 5.69. The van der Waals surface area contributed by atoms with E-state index in [0.717, 1.165) is 18.7 Å². The van der Waals surface area contributed by atoms with Crippen LogP contribution in [0.2, 0.25) is 0 Å². The Morgan fingerprint density at radius 3 is 2.68 bits per heavy atom. The fourth-order valence-corrected chi connectivity index (χ4v) is 2.52. The molecule has 1 unspecified atom stereocenters. The van der Waals surface area contributed by atoms with E-state index in [9.17, 15) is 0 Å². The first-order valence-electron chi connectivity index (χ1n) is 6.94. The lowest BCUT2D eigenvalue weighted by Gasteiger charge is -2.09. The van der Waals surface area contributed by atoms with Crippen LogP contribution in [0.3, 0.4) is 0 Å². The molecule has 0 saturated carbocycles. The highest BCUT2D eigenvalue weighted by Gasteiger charge is 2.13. The van der Waals surface area contributed by atoms with Gasteiger partial charge in [0.05, 0.1) is 5.69 Å². The molecule has 2 rings (SSSR count). The standard InChI is InChI=1S/C16H23N3/c1-5-9-19-13(4)16(12(3)18-19)15-8-6-7-14(10-15)11(2)17/h6-8,10-11H,5,9,17H2,1-4H3. The molecule has 0 bridgehead atoms. The van der Waals surface area contributed by atoms with Gasteiger partial charge in [0, 0.05) is 23.8 Å². The van der Waals surface area contributed by atoms with Gasteiger partial charge in [0.2, 0.25) is 0 Å². The maximum atomic E-state index is 5.97. The third-order valence-corrected chi connectivity index (χ3v) is 3.52. The topological polar surface area (TPSA) is 43.8 Å². The molecule has 1 heterocycles. The largest absolute Gasteiger partial charge is 0.324 e. The Kier molecular flexibility index (Phi) is 4.05. The Bertz CT molecular complexity index is 567. The van der Waals surface area contributed by atoms with Gasteiger partial charge in [-0.05, 0) is 44.4 Å². The second-order valence-electron chi connectivity index (χ2n) is 5.18. The second kappa shape index (κ2) is 5.57. The molecule has 0 aliphatic rings. The molecule has 19 heavy (non-hydrogen) atoms. The van der Waals surface area contributed by atoms with E-state index in [0.29, 0.717) is 0 Å². The van der Waals surface area contributed by atoms with Crippen LogP contribution in [0.5, 0.6) is 0 Å². The van der Waals surface area contributed by atoms with Crippen LogP contribution in [-0.4, -0.2) is 9.78 Å². The number of aromatic nitrogens is 2. The van der Waals surface area contributed by atoms with E-state index < -0.39 is 0 Å². The summed E-state index contributed by atoms with van der Waals surface area (Å²) in [5.74, 6) is 0. The molecule has 0 aliphatic heterocycles. The van der Waals surface area contributed by atoms with Crippen LogP contribution in [-0.2, 0) is 6.54 Å². The average molecular weight is 257 g/mol. The zero-order valence-electron chi connectivity index (χ0n) is 12.3. The molecule has 3 heteroatoms. The maximum Gasteiger partial charge on any atom is 0.0674 e. The van der Waals surface area contributed by atoms with E-state index in [1.54, 1.807) is 0 Å². The van der Waals surface area contributed by atoms with Gasteiger partial charge in [-0.1, -0.05) is 25.1 Å².